The van der Waals surface area contributed by atoms with E-state index in [4.69, 9.17) is 21.8 Å². The van der Waals surface area contributed by atoms with Gasteiger partial charge < -0.3 is 20.8 Å². The van der Waals surface area contributed by atoms with Crippen molar-refractivity contribution in [2.45, 2.75) is 6.10 Å². The molecule has 100 valence electrons. The number of amides is 2. The fourth-order valence-electron chi connectivity index (χ4n) is 1.09. The molecule has 0 aliphatic carbocycles. The van der Waals surface area contributed by atoms with Crippen molar-refractivity contribution in [2.75, 3.05) is 18.5 Å². The molecule has 2 amide bonds. The molecule has 1 rings (SSSR count). The number of rotatable bonds is 4. The number of carbonyl (C=O) groups is 1. The minimum absolute atomic E-state index is 0.133. The van der Waals surface area contributed by atoms with E-state index in [0.717, 1.165) is 12.1 Å². The van der Waals surface area contributed by atoms with Crippen LogP contribution < -0.4 is 10.6 Å². The molecule has 0 fully saturated rings. The number of benzene rings is 1. The molecule has 0 saturated carbocycles. The molecular weight excluding hydrogens is 270 g/mol. The number of halogens is 3. The van der Waals surface area contributed by atoms with Gasteiger partial charge in [0.05, 0.1) is 12.7 Å². The predicted molar refractivity (Wildman–Crippen MR) is 61.5 cm³/mol. The molecule has 0 heterocycles. The number of carbonyl (C=O) groups excluding carboxylic acids is 1. The van der Waals surface area contributed by atoms with Gasteiger partial charge in [-0.25, -0.2) is 13.6 Å². The fraction of sp³-hybridized carbons (Fsp3) is 0.300. The van der Waals surface area contributed by atoms with Crippen molar-refractivity contribution in [3.8, 4) is 0 Å². The quantitative estimate of drug-likeness (QED) is 0.666. The number of nitrogens with one attached hydrogen (secondary N) is 2. The van der Waals surface area contributed by atoms with E-state index >= 15 is 0 Å². The molecule has 0 aliphatic heterocycles. The molecule has 0 bridgehead atoms. The second kappa shape index (κ2) is 6.48. The van der Waals surface area contributed by atoms with Crippen LogP contribution in [0.2, 0.25) is 5.02 Å². The zero-order valence-electron chi connectivity index (χ0n) is 9.08. The third-order valence-corrected chi connectivity index (χ3v) is 2.17. The Morgan fingerprint density at radius 2 is 1.94 bits per heavy atom. The maximum atomic E-state index is 13.3. The third-order valence-electron chi connectivity index (χ3n) is 1.95. The Balaban J connectivity index is 2.65. The molecule has 1 atom stereocenters. The highest BCUT2D eigenvalue weighted by molar-refractivity contribution is 6.30. The molecule has 18 heavy (non-hydrogen) atoms. The van der Waals surface area contributed by atoms with Gasteiger partial charge in [-0.15, -0.1) is 0 Å². The molecular formula is C10H11ClF2N2O3. The van der Waals surface area contributed by atoms with Gasteiger partial charge in [0.1, 0.15) is 5.69 Å². The highest BCUT2D eigenvalue weighted by Gasteiger charge is 2.14. The summed E-state index contributed by atoms with van der Waals surface area (Å²) >= 11 is 5.41. The van der Waals surface area contributed by atoms with Crippen LogP contribution in [0.25, 0.3) is 0 Å². The Morgan fingerprint density at radius 3 is 2.44 bits per heavy atom. The van der Waals surface area contributed by atoms with Crippen molar-refractivity contribution in [1.29, 1.82) is 0 Å². The standard InChI is InChI=1S/C10H11ClF2N2O3/c11-5-1-7(12)9(8(13)2-5)15-10(18)14-3-6(17)4-16/h1-2,6,16-17H,3-4H2,(H2,14,15,18). The summed E-state index contributed by atoms with van der Waals surface area (Å²) in [5.74, 6) is -2.03. The Morgan fingerprint density at radius 1 is 1.39 bits per heavy atom. The molecule has 0 saturated heterocycles. The van der Waals surface area contributed by atoms with Gasteiger partial charge in [-0.05, 0) is 12.1 Å². The van der Waals surface area contributed by atoms with Crippen molar-refractivity contribution in [1.82, 2.24) is 5.32 Å². The Labute approximate surface area is 106 Å². The van der Waals surface area contributed by atoms with Crippen LogP contribution in [0.5, 0.6) is 0 Å². The van der Waals surface area contributed by atoms with Crippen molar-refractivity contribution in [2.24, 2.45) is 0 Å². The molecule has 5 nitrogen and oxygen atoms in total. The van der Waals surface area contributed by atoms with E-state index < -0.39 is 36.1 Å². The number of urea groups is 1. The SMILES string of the molecule is O=C(NCC(O)CO)Nc1c(F)cc(Cl)cc1F. The van der Waals surface area contributed by atoms with Gasteiger partial charge >= 0.3 is 6.03 Å². The predicted octanol–water partition coefficient (Wildman–Crippen LogP) is 1.09. The first-order valence-corrected chi connectivity index (χ1v) is 5.30. The van der Waals surface area contributed by atoms with E-state index in [1.807, 2.05) is 5.32 Å². The highest BCUT2D eigenvalue weighted by Crippen LogP contribution is 2.23. The first-order valence-electron chi connectivity index (χ1n) is 4.92. The number of anilines is 1. The highest BCUT2D eigenvalue weighted by atomic mass is 35.5. The van der Waals surface area contributed by atoms with Crippen molar-refractivity contribution in [3.05, 3.63) is 28.8 Å². The van der Waals surface area contributed by atoms with Crippen LogP contribution in [0.4, 0.5) is 19.3 Å². The number of hydrogen-bond acceptors (Lipinski definition) is 3. The minimum atomic E-state index is -1.14. The summed E-state index contributed by atoms with van der Waals surface area (Å²) in [6.45, 7) is -0.789. The zero-order chi connectivity index (χ0) is 13.7. The second-order valence-corrected chi connectivity index (χ2v) is 3.85. The lowest BCUT2D eigenvalue weighted by Crippen LogP contribution is -2.37. The van der Waals surface area contributed by atoms with Gasteiger partial charge in [-0.3, -0.25) is 0 Å². The van der Waals surface area contributed by atoms with Crippen LogP contribution in [0.15, 0.2) is 12.1 Å². The van der Waals surface area contributed by atoms with E-state index in [1.54, 1.807) is 0 Å². The van der Waals surface area contributed by atoms with Gasteiger partial charge in [0.25, 0.3) is 0 Å². The van der Waals surface area contributed by atoms with Crippen LogP contribution in [0.1, 0.15) is 0 Å². The number of aliphatic hydroxyl groups excluding tert-OH is 2. The lowest BCUT2D eigenvalue weighted by atomic mass is 10.3. The zero-order valence-corrected chi connectivity index (χ0v) is 9.84. The van der Waals surface area contributed by atoms with E-state index in [0.29, 0.717) is 0 Å². The summed E-state index contributed by atoms with van der Waals surface area (Å²) in [5, 5.41) is 21.4. The normalized spacial score (nSPS) is 12.1. The third kappa shape index (κ3) is 4.10. The van der Waals surface area contributed by atoms with E-state index in [2.05, 4.69) is 5.32 Å². The monoisotopic (exact) mass is 280 g/mol. The Bertz CT molecular complexity index is 422. The smallest absolute Gasteiger partial charge is 0.319 e. The molecule has 1 aromatic carbocycles. The van der Waals surface area contributed by atoms with Crippen molar-refractivity contribution >= 4 is 23.3 Å². The summed E-state index contributed by atoms with van der Waals surface area (Å²) < 4.78 is 26.6. The summed E-state index contributed by atoms with van der Waals surface area (Å²) in [5.41, 5.74) is -0.643. The molecule has 0 aromatic heterocycles. The molecule has 0 aliphatic rings. The van der Waals surface area contributed by atoms with Crippen molar-refractivity contribution < 1.29 is 23.8 Å². The number of hydrogen-bond donors (Lipinski definition) is 4. The average molecular weight is 281 g/mol. The van der Waals surface area contributed by atoms with Crippen LogP contribution in [-0.4, -0.2) is 35.5 Å². The van der Waals surface area contributed by atoms with Crippen molar-refractivity contribution in [3.63, 3.8) is 0 Å². The lowest BCUT2D eigenvalue weighted by Gasteiger charge is -2.11. The van der Waals surface area contributed by atoms with Crippen LogP contribution in [0.3, 0.4) is 0 Å². The Kier molecular flexibility index (Phi) is 5.26. The van der Waals surface area contributed by atoms with Crippen LogP contribution in [-0.2, 0) is 0 Å². The van der Waals surface area contributed by atoms with Gasteiger partial charge in [-0.1, -0.05) is 11.6 Å². The minimum Gasteiger partial charge on any atom is -0.394 e. The van der Waals surface area contributed by atoms with E-state index in [1.165, 1.54) is 0 Å². The van der Waals surface area contributed by atoms with Gasteiger partial charge in [0.2, 0.25) is 0 Å². The molecule has 0 radical (unpaired) electrons. The van der Waals surface area contributed by atoms with Gasteiger partial charge in [0.15, 0.2) is 11.6 Å². The Hall–Kier alpha value is -1.44. The van der Waals surface area contributed by atoms with Gasteiger partial charge in [-0.2, -0.15) is 0 Å². The lowest BCUT2D eigenvalue weighted by molar-refractivity contribution is 0.0965. The maximum absolute atomic E-state index is 13.3. The largest absolute Gasteiger partial charge is 0.394 e. The molecule has 8 heteroatoms. The molecule has 1 unspecified atom stereocenters. The first kappa shape index (κ1) is 14.6. The topological polar surface area (TPSA) is 81.6 Å². The second-order valence-electron chi connectivity index (χ2n) is 3.42. The first-order chi connectivity index (χ1) is 8.43. The van der Waals surface area contributed by atoms with E-state index in [-0.39, 0.29) is 11.6 Å². The number of aliphatic hydroxyl groups is 2. The average Bonchev–Trinajstić information content (AvgIpc) is 2.30. The van der Waals surface area contributed by atoms with Gasteiger partial charge in [0, 0.05) is 11.6 Å². The molecule has 1 aromatic rings. The molecule has 4 N–H and O–H groups in total. The summed E-state index contributed by atoms with van der Waals surface area (Å²) in [4.78, 5) is 11.2. The van der Waals surface area contributed by atoms with Crippen LogP contribution in [0, 0.1) is 11.6 Å². The summed E-state index contributed by atoms with van der Waals surface area (Å²) in [7, 11) is 0. The fourth-order valence-corrected chi connectivity index (χ4v) is 1.29. The maximum Gasteiger partial charge on any atom is 0.319 e. The van der Waals surface area contributed by atoms with E-state index in [9.17, 15) is 13.6 Å². The summed E-state index contributed by atoms with van der Waals surface area (Å²) in [6.07, 6.45) is -1.14. The molecule has 0 spiro atoms. The summed E-state index contributed by atoms with van der Waals surface area (Å²) in [6, 6.07) is 0.786. The van der Waals surface area contributed by atoms with Crippen LogP contribution >= 0.6 is 11.6 Å².